The Morgan fingerprint density at radius 2 is 2.17 bits per heavy atom. The summed E-state index contributed by atoms with van der Waals surface area (Å²) in [5.41, 5.74) is 0.142. The number of fused-ring (bicyclic) bond motifs is 1. The smallest absolute Gasteiger partial charge is 0.251 e. The molecule has 0 bridgehead atoms. The molecule has 0 spiro atoms. The zero-order chi connectivity index (χ0) is 21.5. The van der Waals surface area contributed by atoms with Gasteiger partial charge in [0.2, 0.25) is 11.8 Å². The molecular weight excluding hydrogens is 384 g/mol. The number of benzene rings is 1. The van der Waals surface area contributed by atoms with E-state index in [1.165, 1.54) is 0 Å². The third-order valence-electron chi connectivity index (χ3n) is 6.30. The summed E-state index contributed by atoms with van der Waals surface area (Å²) in [5.74, 6) is 1.90. The van der Waals surface area contributed by atoms with Crippen molar-refractivity contribution >= 4 is 11.8 Å². The molecule has 4 rings (SSSR count). The van der Waals surface area contributed by atoms with Crippen LogP contribution in [0.25, 0.3) is 0 Å². The van der Waals surface area contributed by atoms with E-state index in [4.69, 9.17) is 9.26 Å². The van der Waals surface area contributed by atoms with Crippen molar-refractivity contribution in [3.05, 3.63) is 41.5 Å². The molecule has 1 saturated heterocycles. The summed E-state index contributed by atoms with van der Waals surface area (Å²) in [6, 6.07) is 7.08. The molecular formula is C22H28N4O4. The zero-order valence-corrected chi connectivity index (χ0v) is 17.8. The van der Waals surface area contributed by atoms with Crippen LogP contribution in [0.4, 0.5) is 0 Å². The van der Waals surface area contributed by atoms with Crippen LogP contribution >= 0.6 is 0 Å². The number of hydrogen-bond donors (Lipinski definition) is 1. The van der Waals surface area contributed by atoms with Crippen molar-refractivity contribution < 1.29 is 18.8 Å². The molecule has 0 radical (unpaired) electrons. The van der Waals surface area contributed by atoms with E-state index in [1.54, 1.807) is 32.2 Å². The van der Waals surface area contributed by atoms with Crippen LogP contribution in [-0.2, 0) is 10.2 Å². The van der Waals surface area contributed by atoms with E-state index in [0.29, 0.717) is 42.5 Å². The van der Waals surface area contributed by atoms with Crippen LogP contribution < -0.4 is 10.1 Å². The summed E-state index contributed by atoms with van der Waals surface area (Å²) in [6.45, 7) is 6.81. The Balaban J connectivity index is 1.54. The average molecular weight is 412 g/mol. The van der Waals surface area contributed by atoms with Gasteiger partial charge in [0.15, 0.2) is 5.82 Å². The van der Waals surface area contributed by atoms with Crippen LogP contribution in [0.5, 0.6) is 5.75 Å². The Hall–Kier alpha value is -2.90. The third kappa shape index (κ3) is 3.55. The lowest BCUT2D eigenvalue weighted by atomic mass is 9.80. The molecule has 2 fully saturated rings. The molecule has 1 aliphatic heterocycles. The maximum absolute atomic E-state index is 12.8. The minimum atomic E-state index is -0.419. The molecule has 1 aliphatic carbocycles. The summed E-state index contributed by atoms with van der Waals surface area (Å²) in [7, 11) is 1.58. The van der Waals surface area contributed by atoms with Gasteiger partial charge in [0.05, 0.1) is 12.5 Å². The number of aromatic nitrogens is 2. The quantitative estimate of drug-likeness (QED) is 0.810. The highest BCUT2D eigenvalue weighted by Gasteiger charge is 2.58. The van der Waals surface area contributed by atoms with E-state index in [1.807, 2.05) is 24.8 Å². The monoisotopic (exact) mass is 412 g/mol. The van der Waals surface area contributed by atoms with Gasteiger partial charge in [0.25, 0.3) is 5.91 Å². The number of nitrogens with one attached hydrogen (secondary N) is 1. The molecule has 1 saturated carbocycles. The molecule has 8 heteroatoms. The molecule has 2 aliphatic rings. The minimum absolute atomic E-state index is 0.0304. The topological polar surface area (TPSA) is 97.6 Å². The number of rotatable bonds is 5. The molecule has 8 nitrogen and oxygen atoms in total. The lowest BCUT2D eigenvalue weighted by molar-refractivity contribution is -0.133. The van der Waals surface area contributed by atoms with Crippen molar-refractivity contribution in [2.45, 2.75) is 45.1 Å². The van der Waals surface area contributed by atoms with Crippen molar-refractivity contribution in [1.82, 2.24) is 20.4 Å². The van der Waals surface area contributed by atoms with Crippen LogP contribution in [0.1, 0.15) is 48.8 Å². The molecule has 2 heterocycles. The second kappa shape index (κ2) is 7.74. The van der Waals surface area contributed by atoms with Crippen molar-refractivity contribution in [3.8, 4) is 5.75 Å². The van der Waals surface area contributed by atoms with E-state index in [-0.39, 0.29) is 29.7 Å². The number of carbonyl (C=O) groups excluding carboxylic acids is 2. The highest BCUT2D eigenvalue weighted by Crippen LogP contribution is 2.50. The Bertz CT molecular complexity index is 956. The van der Waals surface area contributed by atoms with E-state index < -0.39 is 5.41 Å². The third-order valence-corrected chi connectivity index (χ3v) is 6.30. The fourth-order valence-corrected chi connectivity index (χ4v) is 4.88. The Morgan fingerprint density at radius 3 is 2.83 bits per heavy atom. The molecule has 30 heavy (non-hydrogen) atoms. The summed E-state index contributed by atoms with van der Waals surface area (Å²) in [6.07, 6.45) is 1.43. The summed E-state index contributed by atoms with van der Waals surface area (Å²) in [4.78, 5) is 31.9. The molecule has 160 valence electrons. The largest absolute Gasteiger partial charge is 0.497 e. The predicted molar refractivity (Wildman–Crippen MR) is 109 cm³/mol. The van der Waals surface area contributed by atoms with Crippen LogP contribution in [-0.4, -0.2) is 53.1 Å². The fraction of sp³-hybridized carbons (Fsp3) is 0.545. The Kier molecular flexibility index (Phi) is 5.26. The van der Waals surface area contributed by atoms with Gasteiger partial charge in [-0.1, -0.05) is 25.1 Å². The number of amides is 2. The summed E-state index contributed by atoms with van der Waals surface area (Å²) < 4.78 is 10.8. The SMILES string of the molecule is COc1cccc(C(=O)NC2CC3CN(C(=O)C(C)C)CC3(c3nc(C)no3)C2)c1. The van der Waals surface area contributed by atoms with Crippen LogP contribution in [0.2, 0.25) is 0 Å². The first-order valence-electron chi connectivity index (χ1n) is 10.4. The Labute approximate surface area is 176 Å². The predicted octanol–water partition coefficient (Wildman–Crippen LogP) is 2.33. The maximum atomic E-state index is 12.8. The highest BCUT2D eigenvalue weighted by atomic mass is 16.5. The maximum Gasteiger partial charge on any atom is 0.251 e. The van der Waals surface area contributed by atoms with Gasteiger partial charge in [-0.15, -0.1) is 0 Å². The molecule has 2 amide bonds. The fourth-order valence-electron chi connectivity index (χ4n) is 4.88. The number of hydrogen-bond acceptors (Lipinski definition) is 6. The molecule has 2 aromatic rings. The van der Waals surface area contributed by atoms with Gasteiger partial charge in [-0.05, 0) is 43.9 Å². The van der Waals surface area contributed by atoms with Gasteiger partial charge in [0.1, 0.15) is 5.75 Å². The van der Waals surface area contributed by atoms with Crippen molar-refractivity contribution in [1.29, 1.82) is 0 Å². The van der Waals surface area contributed by atoms with E-state index in [2.05, 4.69) is 15.5 Å². The lowest BCUT2D eigenvalue weighted by Gasteiger charge is -2.26. The van der Waals surface area contributed by atoms with Gasteiger partial charge in [0, 0.05) is 30.6 Å². The van der Waals surface area contributed by atoms with Gasteiger partial charge < -0.3 is 19.5 Å². The second-order valence-electron chi connectivity index (χ2n) is 8.72. The van der Waals surface area contributed by atoms with E-state index in [9.17, 15) is 9.59 Å². The van der Waals surface area contributed by atoms with Crippen LogP contribution in [0.3, 0.4) is 0 Å². The standard InChI is InChI=1S/C22H28N4O4/c1-13(2)20(28)26-11-16-9-17(10-22(16,12-26)21-23-14(3)25-30-21)24-19(27)15-6-5-7-18(8-15)29-4/h5-8,13,16-17H,9-12H2,1-4H3,(H,24,27). The van der Waals surface area contributed by atoms with Crippen molar-refractivity contribution in [2.75, 3.05) is 20.2 Å². The summed E-state index contributed by atoms with van der Waals surface area (Å²) >= 11 is 0. The Morgan fingerprint density at radius 1 is 1.37 bits per heavy atom. The lowest BCUT2D eigenvalue weighted by Crippen LogP contribution is -2.40. The van der Waals surface area contributed by atoms with Crippen molar-refractivity contribution in [2.24, 2.45) is 11.8 Å². The van der Waals surface area contributed by atoms with E-state index >= 15 is 0 Å². The first-order valence-corrected chi connectivity index (χ1v) is 10.4. The molecule has 1 N–H and O–H groups in total. The minimum Gasteiger partial charge on any atom is -0.497 e. The number of methoxy groups -OCH3 is 1. The van der Waals surface area contributed by atoms with Crippen LogP contribution in [0, 0.1) is 18.8 Å². The molecule has 1 aromatic heterocycles. The number of ether oxygens (including phenoxy) is 1. The van der Waals surface area contributed by atoms with Gasteiger partial charge in [-0.3, -0.25) is 9.59 Å². The number of aryl methyl sites for hydroxylation is 1. The normalized spacial score (nSPS) is 25.4. The first-order chi connectivity index (χ1) is 14.3. The van der Waals surface area contributed by atoms with Gasteiger partial charge >= 0.3 is 0 Å². The second-order valence-corrected chi connectivity index (χ2v) is 8.72. The zero-order valence-electron chi connectivity index (χ0n) is 17.8. The summed E-state index contributed by atoms with van der Waals surface area (Å²) in [5, 5.41) is 7.14. The molecule has 3 atom stereocenters. The first kappa shape index (κ1) is 20.4. The van der Waals surface area contributed by atoms with Crippen LogP contribution in [0.15, 0.2) is 28.8 Å². The number of nitrogens with zero attached hydrogens (tertiary/aromatic N) is 3. The number of likely N-dealkylation sites (tertiary alicyclic amines) is 1. The van der Waals surface area contributed by atoms with E-state index in [0.717, 1.165) is 6.42 Å². The van der Waals surface area contributed by atoms with Gasteiger partial charge in [-0.25, -0.2) is 0 Å². The molecule has 3 unspecified atom stereocenters. The average Bonchev–Trinajstić information content (AvgIpc) is 3.40. The molecule has 1 aromatic carbocycles. The van der Waals surface area contributed by atoms with Crippen molar-refractivity contribution in [3.63, 3.8) is 0 Å². The highest BCUT2D eigenvalue weighted by molar-refractivity contribution is 5.94. The van der Waals surface area contributed by atoms with Gasteiger partial charge in [-0.2, -0.15) is 4.98 Å². The number of carbonyl (C=O) groups is 2.